The van der Waals surface area contributed by atoms with E-state index in [0.29, 0.717) is 65.8 Å². The number of hydrogen-bond donors (Lipinski definition) is 0. The first-order valence-corrected chi connectivity index (χ1v) is 45.8. The monoisotopic (exact) mass is 1650 g/mol. The van der Waals surface area contributed by atoms with Crippen molar-refractivity contribution in [3.05, 3.63) is 136 Å². The van der Waals surface area contributed by atoms with Crippen molar-refractivity contribution < 1.29 is 76.2 Å². The maximum absolute atomic E-state index is 11.6. The smallest absolute Gasteiger partial charge is 0.333 e. The summed E-state index contributed by atoms with van der Waals surface area (Å²) in [6.07, 6.45) is 65.2. The van der Waals surface area contributed by atoms with Crippen molar-refractivity contribution in [1.82, 2.24) is 0 Å². The first-order valence-electron chi connectivity index (χ1n) is 45.8. The fourth-order valence-electron chi connectivity index (χ4n) is 26.0. The summed E-state index contributed by atoms with van der Waals surface area (Å²) in [5.41, 5.74) is 2.27. The second-order valence-corrected chi connectivity index (χ2v) is 39.6. The van der Waals surface area contributed by atoms with Gasteiger partial charge in [-0.1, -0.05) is 143 Å². The van der Waals surface area contributed by atoms with Crippen LogP contribution in [-0.2, 0) is 76.2 Å². The van der Waals surface area contributed by atoms with Crippen molar-refractivity contribution in [2.24, 2.45) is 152 Å². The predicted molar refractivity (Wildman–Crippen MR) is 473 cm³/mol. The first kappa shape index (κ1) is 97.8. The summed E-state index contributed by atoms with van der Waals surface area (Å²) in [6.45, 7) is 43.6. The van der Waals surface area contributed by atoms with Crippen LogP contribution >= 0.6 is 0 Å². The van der Waals surface area contributed by atoms with E-state index in [1.165, 1.54) is 128 Å². The van der Waals surface area contributed by atoms with Crippen molar-refractivity contribution >= 4 is 41.8 Å². The minimum Gasteiger partial charge on any atom is -0.466 e. The number of ether oxygens (including phenoxy) is 9. The van der Waals surface area contributed by atoms with Gasteiger partial charge in [-0.25, -0.2) is 33.6 Å². The third-order valence-corrected chi connectivity index (χ3v) is 33.3. The third-order valence-electron chi connectivity index (χ3n) is 33.3. The molecule has 19 aliphatic carbocycles. The van der Waals surface area contributed by atoms with E-state index < -0.39 is 17.9 Å². The quantitative estimate of drug-likeness (QED) is 0.0492. The summed E-state index contributed by atoms with van der Waals surface area (Å²) < 4.78 is 42.2. The van der Waals surface area contributed by atoms with E-state index in [2.05, 4.69) is 169 Å². The Labute approximate surface area is 717 Å². The zero-order valence-corrected chi connectivity index (χ0v) is 75.9. The van der Waals surface area contributed by atoms with E-state index in [0.717, 1.165) is 126 Å². The molecule has 16 nitrogen and oxygen atoms in total. The molecule has 0 aromatic heterocycles. The van der Waals surface area contributed by atoms with Gasteiger partial charge in [0.05, 0.1) is 34.5 Å². The molecular formula is C103H156O16. The summed E-state index contributed by atoms with van der Waals surface area (Å²) in [7, 11) is 7.04. The number of methoxy groups -OCH3 is 5. The van der Waals surface area contributed by atoms with Gasteiger partial charge in [-0.3, -0.25) is 0 Å². The summed E-state index contributed by atoms with van der Waals surface area (Å²) in [6, 6.07) is 0. The molecular weight excluding hydrogens is 1490 g/mol. The van der Waals surface area contributed by atoms with Crippen LogP contribution in [0.2, 0.25) is 0 Å². The van der Waals surface area contributed by atoms with Gasteiger partial charge in [-0.15, -0.1) is 0 Å². The lowest BCUT2D eigenvalue weighted by atomic mass is 9.70. The minimum atomic E-state index is -0.410. The first-order chi connectivity index (χ1) is 56.7. The van der Waals surface area contributed by atoms with Crippen LogP contribution in [0.15, 0.2) is 136 Å². The third kappa shape index (κ3) is 24.2. The molecule has 16 heteroatoms. The van der Waals surface area contributed by atoms with Gasteiger partial charge in [0.15, 0.2) is 0 Å². The number of carbonyl (C=O) groups excluding carboxylic acids is 7. The van der Waals surface area contributed by atoms with Gasteiger partial charge in [-0.05, 0) is 335 Å². The number of carbonyl (C=O) groups is 7. The summed E-state index contributed by atoms with van der Waals surface area (Å²) in [4.78, 5) is 73.7. The number of allylic oxidation sites excluding steroid dienone is 8. The fourth-order valence-corrected chi connectivity index (χ4v) is 26.0. The molecule has 0 aliphatic heterocycles. The molecule has 0 aromatic carbocycles. The lowest BCUT2D eigenvalue weighted by Crippen LogP contribution is -2.38. The maximum Gasteiger partial charge on any atom is 0.333 e. The molecule has 0 amide bonds. The van der Waals surface area contributed by atoms with E-state index in [1.807, 2.05) is 0 Å². The molecule has 15 fully saturated rings. The molecule has 19 rings (SSSR count). The Morgan fingerprint density at radius 2 is 0.639 bits per heavy atom. The Morgan fingerprint density at radius 3 is 0.891 bits per heavy atom. The average molecular weight is 1650 g/mol. The molecule has 0 aromatic rings. The summed E-state index contributed by atoms with van der Waals surface area (Å²) in [5.74, 6) is 21.2. The van der Waals surface area contributed by atoms with Crippen LogP contribution in [0, 0.1) is 152 Å². The van der Waals surface area contributed by atoms with Gasteiger partial charge in [0, 0.05) is 66.1 Å². The van der Waals surface area contributed by atoms with Gasteiger partial charge in [0.2, 0.25) is 0 Å². The Hall–Kier alpha value is -6.65. The Kier molecular flexibility index (Phi) is 37.5. The van der Waals surface area contributed by atoms with E-state index in [4.69, 9.17) is 9.47 Å². The molecule has 664 valence electrons. The molecule has 0 radical (unpaired) electrons. The number of hydrogen-bond acceptors (Lipinski definition) is 16. The van der Waals surface area contributed by atoms with Gasteiger partial charge >= 0.3 is 41.8 Å². The Morgan fingerprint density at radius 1 is 0.336 bits per heavy atom. The lowest BCUT2D eigenvalue weighted by molar-refractivity contribution is -0.152. The van der Waals surface area contributed by atoms with E-state index in [9.17, 15) is 33.6 Å². The number of fused-ring (bicyclic) bond motifs is 29. The molecule has 0 heterocycles. The lowest BCUT2D eigenvalue weighted by Gasteiger charge is -2.38. The molecule has 0 spiro atoms. The second-order valence-electron chi connectivity index (χ2n) is 39.6. The molecule has 0 N–H and O–H groups in total. The largest absolute Gasteiger partial charge is 0.466 e. The highest BCUT2D eigenvalue weighted by Crippen LogP contribution is 2.68. The fraction of sp³-hybridized carbons (Fsp3) is 0.718. The van der Waals surface area contributed by atoms with E-state index in [1.54, 1.807) is 125 Å². The van der Waals surface area contributed by atoms with Crippen LogP contribution in [0.1, 0.15) is 242 Å². The van der Waals surface area contributed by atoms with Crippen molar-refractivity contribution in [2.45, 2.75) is 254 Å². The highest BCUT2D eigenvalue weighted by molar-refractivity contribution is 5.88. The molecule has 19 aliphatic rings. The molecule has 119 heavy (non-hydrogen) atoms. The summed E-state index contributed by atoms with van der Waals surface area (Å²) >= 11 is 0. The zero-order valence-electron chi connectivity index (χ0n) is 75.9. The van der Waals surface area contributed by atoms with Gasteiger partial charge in [0.25, 0.3) is 0 Å². The summed E-state index contributed by atoms with van der Waals surface area (Å²) in [5, 5.41) is 0. The van der Waals surface area contributed by atoms with Gasteiger partial charge in [-0.2, -0.15) is 0 Å². The predicted octanol–water partition coefficient (Wildman–Crippen LogP) is 22.1. The molecule has 0 saturated heterocycles. The van der Waals surface area contributed by atoms with Crippen LogP contribution in [0.4, 0.5) is 0 Å². The second kappa shape index (κ2) is 45.6. The highest BCUT2D eigenvalue weighted by Gasteiger charge is 2.64. The maximum atomic E-state index is 11.6. The van der Waals surface area contributed by atoms with Gasteiger partial charge in [0.1, 0.15) is 25.4 Å². The normalized spacial score (nSPS) is 36.8. The van der Waals surface area contributed by atoms with Crippen LogP contribution in [-0.4, -0.2) is 116 Å². The average Bonchev–Trinajstić information content (AvgIpc) is 1.56. The highest BCUT2D eigenvalue weighted by atomic mass is 16.6. The zero-order chi connectivity index (χ0) is 87.1. The number of esters is 7. The Balaban J connectivity index is 0.000000163. The van der Waals surface area contributed by atoms with Crippen LogP contribution in [0.25, 0.3) is 0 Å². The topological polar surface area (TPSA) is 203 Å². The number of rotatable bonds is 15. The molecule has 14 bridgehead atoms. The molecule has 26 unspecified atom stereocenters. The van der Waals surface area contributed by atoms with Crippen molar-refractivity contribution in [2.75, 3.05) is 62.0 Å². The molecule has 26 atom stereocenters. The van der Waals surface area contributed by atoms with Crippen molar-refractivity contribution in [3.63, 3.8) is 0 Å². The SMILES string of the molecule is C1=CC2C3CCC(C3)C2C1.C1=CC2C3CCC(C3)C2C1.C1=CC2C3CCC(C3)C2C1.C1=CC2C3CCC(C3)C2C1.C1CC2C3CCC(C3)C2C1.C=C(C)C(=O)OC.C=C(C)C(=O)OC1CC2CCC1(C)C2(C)C.C=C(C)C(=O)OCCOC.C=CC(=O)OC.C=CC(=O)OC.C=CC(=O)OC1CC2CCC1(C)C2(C)C.C=CC(=O)OCCOC. The Bertz CT molecular complexity index is 3380. The van der Waals surface area contributed by atoms with Crippen LogP contribution < -0.4 is 0 Å². The van der Waals surface area contributed by atoms with Crippen molar-refractivity contribution in [1.29, 1.82) is 0 Å². The standard InChI is InChI=1S/C14H22O2.C13H20O2.C10H16.4C10H14.C7H12O3.C6H10O3.C5H8O2.2C4H6O2/c1-9(2)12(15)16-11-8-10-6-7-14(11,5)13(10,3)4;1-5-11(14)15-10-8-9-6-7-13(10,4)12(9,2)3;5*1-2-9-7-4-5-8(6-7)10(9)3-1;1-6(2)7(8)10-5-4-9-3;1-3-6(7)9-5-4-8-2;1-4(2)5(6)7-3;2*1-3-4(5)6-2/h10-11H,1,6-8H2,2-5H3;5,9-10H,1,6-8H2,2-4H3;7-10H,1-6H2;4*1-2,7-10H,3-6H2;1,4-5H2,2-3H3;3H,1,4-5H2,2H3;1H2,2-3H3;2*3H,1H2,2H3. The van der Waals surface area contributed by atoms with Crippen LogP contribution in [0.5, 0.6) is 0 Å². The van der Waals surface area contributed by atoms with E-state index in [-0.39, 0.29) is 46.9 Å². The minimum absolute atomic E-state index is 0.0884. The van der Waals surface area contributed by atoms with Crippen LogP contribution in [0.3, 0.4) is 0 Å². The van der Waals surface area contributed by atoms with Crippen molar-refractivity contribution in [3.8, 4) is 0 Å². The van der Waals surface area contributed by atoms with Gasteiger partial charge < -0.3 is 42.6 Å². The van der Waals surface area contributed by atoms with E-state index >= 15 is 0 Å². The molecule has 15 saturated carbocycles.